The third kappa shape index (κ3) is 4.36. The van der Waals surface area contributed by atoms with Crippen molar-refractivity contribution in [3.05, 3.63) is 65.9 Å². The number of nitrogens with zero attached hydrogens (tertiary/aromatic N) is 3. The maximum Gasteiger partial charge on any atom is 0.119 e. The molecule has 0 spiro atoms. The lowest BCUT2D eigenvalue weighted by Gasteiger charge is -2.42. The monoisotopic (exact) mass is 419 g/mol. The van der Waals surface area contributed by atoms with E-state index >= 15 is 0 Å². The molecule has 2 fully saturated rings. The van der Waals surface area contributed by atoms with Crippen molar-refractivity contribution >= 4 is 10.9 Å². The summed E-state index contributed by atoms with van der Waals surface area (Å²) in [6.45, 7) is 6.96. The first-order valence-corrected chi connectivity index (χ1v) is 11.4. The number of hydrogen-bond donors (Lipinski definition) is 0. The summed E-state index contributed by atoms with van der Waals surface area (Å²) in [7, 11) is 3.87. The van der Waals surface area contributed by atoms with E-state index in [1.807, 2.05) is 6.07 Å². The van der Waals surface area contributed by atoms with Crippen LogP contribution in [0, 0.1) is 5.92 Å². The number of fused-ring (bicyclic) bond motifs is 2. The van der Waals surface area contributed by atoms with E-state index in [9.17, 15) is 0 Å². The molecule has 0 bridgehead atoms. The van der Waals surface area contributed by atoms with Crippen LogP contribution in [0.25, 0.3) is 10.9 Å². The van der Waals surface area contributed by atoms with Gasteiger partial charge in [-0.05, 0) is 35.7 Å². The lowest BCUT2D eigenvalue weighted by molar-refractivity contribution is 0.0441. The van der Waals surface area contributed by atoms with Gasteiger partial charge in [0.25, 0.3) is 0 Å². The van der Waals surface area contributed by atoms with Gasteiger partial charge in [0, 0.05) is 68.8 Å². The number of rotatable bonds is 5. The topological polar surface area (TPSA) is 29.9 Å². The number of aromatic nitrogens is 1. The van der Waals surface area contributed by atoms with Crippen LogP contribution in [0.15, 0.2) is 54.7 Å². The van der Waals surface area contributed by atoms with Crippen molar-refractivity contribution in [1.82, 2.24) is 14.4 Å². The highest BCUT2D eigenvalue weighted by molar-refractivity contribution is 5.85. The average Bonchev–Trinajstić information content (AvgIpc) is 2.97. The van der Waals surface area contributed by atoms with Crippen molar-refractivity contribution in [2.45, 2.75) is 25.6 Å². The predicted octanol–water partition coefficient (Wildman–Crippen LogP) is 3.91. The number of likely N-dealkylation sites (tertiary alicyclic amines) is 1. The predicted molar refractivity (Wildman–Crippen MR) is 124 cm³/mol. The SMILES string of the molecule is COc1ccc2c(c1)c(CN1CC[C@@H]3[C@@H](COCCN3Cc3ccccc3)C1)cn2C. The summed E-state index contributed by atoms with van der Waals surface area (Å²) in [6, 6.07) is 17.8. The molecule has 31 heavy (non-hydrogen) atoms. The fourth-order valence-electron chi connectivity index (χ4n) is 5.43. The van der Waals surface area contributed by atoms with Gasteiger partial charge in [0.15, 0.2) is 0 Å². The average molecular weight is 420 g/mol. The zero-order valence-corrected chi connectivity index (χ0v) is 18.7. The van der Waals surface area contributed by atoms with Crippen LogP contribution in [0.5, 0.6) is 5.75 Å². The zero-order valence-electron chi connectivity index (χ0n) is 18.7. The Bertz CT molecular complexity index is 1020. The van der Waals surface area contributed by atoms with Gasteiger partial charge in [0.2, 0.25) is 0 Å². The van der Waals surface area contributed by atoms with Crippen LogP contribution < -0.4 is 4.74 Å². The van der Waals surface area contributed by atoms with Crippen LogP contribution in [-0.4, -0.2) is 60.4 Å². The summed E-state index contributed by atoms with van der Waals surface area (Å²) in [5.41, 5.74) is 4.04. The maximum absolute atomic E-state index is 6.05. The van der Waals surface area contributed by atoms with Gasteiger partial charge in [-0.2, -0.15) is 0 Å². The van der Waals surface area contributed by atoms with E-state index in [0.29, 0.717) is 12.0 Å². The number of benzene rings is 2. The van der Waals surface area contributed by atoms with Crippen molar-refractivity contribution in [1.29, 1.82) is 0 Å². The standard InChI is InChI=1S/C26H33N3O2/c1-27-16-21(24-14-23(30-2)8-9-26(24)27)17-28-11-10-25-22(18-28)19-31-13-12-29(25)15-20-6-4-3-5-7-20/h3-9,14,16,22,25H,10-13,15,17-19H2,1-2H3/t22-,25-/m1/s1. The minimum Gasteiger partial charge on any atom is -0.497 e. The quantitative estimate of drug-likeness (QED) is 0.627. The minimum absolute atomic E-state index is 0.560. The van der Waals surface area contributed by atoms with Crippen LogP contribution >= 0.6 is 0 Å². The van der Waals surface area contributed by atoms with Crippen molar-refractivity contribution in [2.75, 3.05) is 40.0 Å². The summed E-state index contributed by atoms with van der Waals surface area (Å²) in [4.78, 5) is 5.28. The molecule has 2 atom stereocenters. The van der Waals surface area contributed by atoms with E-state index in [0.717, 1.165) is 51.7 Å². The van der Waals surface area contributed by atoms with E-state index < -0.39 is 0 Å². The molecule has 164 valence electrons. The Morgan fingerprint density at radius 2 is 1.94 bits per heavy atom. The van der Waals surface area contributed by atoms with Crippen LogP contribution in [0.2, 0.25) is 0 Å². The molecule has 0 saturated carbocycles. The molecule has 3 aromatic rings. The highest BCUT2D eigenvalue weighted by Gasteiger charge is 2.35. The summed E-state index contributed by atoms with van der Waals surface area (Å²) >= 11 is 0. The van der Waals surface area contributed by atoms with Crippen LogP contribution in [0.4, 0.5) is 0 Å². The van der Waals surface area contributed by atoms with Crippen molar-refractivity contribution in [3.63, 3.8) is 0 Å². The first kappa shape index (κ1) is 20.6. The van der Waals surface area contributed by atoms with Crippen LogP contribution in [-0.2, 0) is 24.9 Å². The Morgan fingerprint density at radius 3 is 2.77 bits per heavy atom. The smallest absolute Gasteiger partial charge is 0.119 e. The minimum atomic E-state index is 0.560. The molecule has 5 heteroatoms. The van der Waals surface area contributed by atoms with Gasteiger partial charge >= 0.3 is 0 Å². The molecule has 0 N–H and O–H groups in total. The molecule has 0 amide bonds. The molecule has 2 aromatic carbocycles. The second-order valence-corrected chi connectivity index (χ2v) is 9.03. The molecule has 3 heterocycles. The van der Waals surface area contributed by atoms with Crippen molar-refractivity contribution in [3.8, 4) is 5.75 Å². The van der Waals surface area contributed by atoms with Gasteiger partial charge in [-0.3, -0.25) is 9.80 Å². The fourth-order valence-corrected chi connectivity index (χ4v) is 5.43. The summed E-state index contributed by atoms with van der Waals surface area (Å²) in [5, 5.41) is 1.30. The van der Waals surface area contributed by atoms with Gasteiger partial charge < -0.3 is 14.0 Å². The molecule has 5 rings (SSSR count). The van der Waals surface area contributed by atoms with E-state index in [1.54, 1.807) is 7.11 Å². The van der Waals surface area contributed by atoms with Crippen molar-refractivity contribution in [2.24, 2.45) is 13.0 Å². The summed E-state index contributed by atoms with van der Waals surface area (Å²) in [5.74, 6) is 1.48. The van der Waals surface area contributed by atoms with E-state index in [2.05, 4.69) is 70.1 Å². The number of methoxy groups -OCH3 is 1. The zero-order chi connectivity index (χ0) is 21.2. The molecule has 2 aliphatic heterocycles. The Morgan fingerprint density at radius 1 is 1.06 bits per heavy atom. The largest absolute Gasteiger partial charge is 0.497 e. The summed E-state index contributed by atoms with van der Waals surface area (Å²) < 4.78 is 13.8. The Balaban J connectivity index is 1.31. The second kappa shape index (κ2) is 9.03. The molecule has 5 nitrogen and oxygen atoms in total. The molecule has 2 aliphatic rings. The first-order valence-electron chi connectivity index (χ1n) is 11.4. The summed E-state index contributed by atoms with van der Waals surface area (Å²) in [6.07, 6.45) is 3.48. The lowest BCUT2D eigenvalue weighted by Crippen LogP contribution is -2.50. The molecular weight excluding hydrogens is 386 g/mol. The maximum atomic E-state index is 6.05. The highest BCUT2D eigenvalue weighted by Crippen LogP contribution is 2.30. The Hall–Kier alpha value is -2.34. The third-order valence-corrected chi connectivity index (χ3v) is 7.00. The van der Waals surface area contributed by atoms with Gasteiger partial charge in [0.05, 0.1) is 20.3 Å². The Labute approximate surface area is 185 Å². The van der Waals surface area contributed by atoms with Crippen LogP contribution in [0.1, 0.15) is 17.5 Å². The van der Waals surface area contributed by atoms with Gasteiger partial charge in [0.1, 0.15) is 5.75 Å². The number of hydrogen-bond acceptors (Lipinski definition) is 4. The van der Waals surface area contributed by atoms with E-state index in [4.69, 9.17) is 9.47 Å². The fraction of sp³-hybridized carbons (Fsp3) is 0.462. The molecule has 2 saturated heterocycles. The second-order valence-electron chi connectivity index (χ2n) is 9.03. The number of ether oxygens (including phenoxy) is 2. The third-order valence-electron chi connectivity index (χ3n) is 7.00. The van der Waals surface area contributed by atoms with E-state index in [-0.39, 0.29) is 0 Å². The van der Waals surface area contributed by atoms with Crippen molar-refractivity contribution < 1.29 is 9.47 Å². The van der Waals surface area contributed by atoms with E-state index in [1.165, 1.54) is 28.5 Å². The van der Waals surface area contributed by atoms with Crippen LogP contribution in [0.3, 0.4) is 0 Å². The normalized spacial score (nSPS) is 22.9. The first-order chi connectivity index (χ1) is 15.2. The molecule has 0 unspecified atom stereocenters. The molecular formula is C26H33N3O2. The number of aryl methyl sites for hydroxylation is 1. The number of piperidine rings is 1. The Kier molecular flexibility index (Phi) is 5.99. The molecule has 1 aromatic heterocycles. The van der Waals surface area contributed by atoms with Gasteiger partial charge in [-0.15, -0.1) is 0 Å². The van der Waals surface area contributed by atoms with Gasteiger partial charge in [-0.25, -0.2) is 0 Å². The molecule has 0 radical (unpaired) electrons. The highest BCUT2D eigenvalue weighted by atomic mass is 16.5. The molecule has 0 aliphatic carbocycles. The lowest BCUT2D eigenvalue weighted by atomic mass is 9.91. The van der Waals surface area contributed by atoms with Gasteiger partial charge in [-0.1, -0.05) is 30.3 Å².